The molecular formula is C21H33N3O5. The van der Waals surface area contributed by atoms with Gasteiger partial charge in [0.1, 0.15) is 12.1 Å². The van der Waals surface area contributed by atoms with E-state index in [0.717, 1.165) is 49.8 Å². The van der Waals surface area contributed by atoms with Crippen LogP contribution in [0.25, 0.3) is 0 Å². The lowest BCUT2D eigenvalue weighted by Gasteiger charge is -2.36. The minimum Gasteiger partial charge on any atom is -0.451 e. The first kappa shape index (κ1) is 21.6. The standard InChI is InChI=1S/C21H33N3O5/c1-4-16-10-6-9-13-23(16)18(26)15(2)29-17(25)14-24-19(27)21(22(3)20(24)28)11-7-5-8-12-21/h15-16H,4-14H2,1-3H3. The zero-order chi connectivity index (χ0) is 21.2. The van der Waals surface area contributed by atoms with Crippen LogP contribution in [0.5, 0.6) is 0 Å². The number of imide groups is 1. The highest BCUT2D eigenvalue weighted by molar-refractivity contribution is 6.08. The van der Waals surface area contributed by atoms with Gasteiger partial charge in [0.2, 0.25) is 0 Å². The molecule has 29 heavy (non-hydrogen) atoms. The molecule has 0 aromatic heterocycles. The summed E-state index contributed by atoms with van der Waals surface area (Å²) in [6.45, 7) is 3.84. The monoisotopic (exact) mass is 407 g/mol. The third-order valence-electron chi connectivity index (χ3n) is 6.81. The number of esters is 1. The van der Waals surface area contributed by atoms with Crippen LogP contribution >= 0.6 is 0 Å². The van der Waals surface area contributed by atoms with Crippen molar-refractivity contribution in [2.24, 2.45) is 0 Å². The summed E-state index contributed by atoms with van der Waals surface area (Å²) in [5, 5.41) is 0. The molecule has 2 heterocycles. The van der Waals surface area contributed by atoms with Gasteiger partial charge in [-0.05, 0) is 45.4 Å². The van der Waals surface area contributed by atoms with Gasteiger partial charge in [-0.1, -0.05) is 26.2 Å². The smallest absolute Gasteiger partial charge is 0.327 e. The minimum absolute atomic E-state index is 0.180. The second kappa shape index (κ2) is 8.71. The minimum atomic E-state index is -0.927. The number of piperidine rings is 1. The Kier molecular flexibility index (Phi) is 6.49. The van der Waals surface area contributed by atoms with Crippen LogP contribution < -0.4 is 0 Å². The Hall–Kier alpha value is -2.12. The third kappa shape index (κ3) is 3.98. The Labute approximate surface area is 172 Å². The van der Waals surface area contributed by atoms with Gasteiger partial charge in [0.15, 0.2) is 6.10 Å². The van der Waals surface area contributed by atoms with Gasteiger partial charge in [0.25, 0.3) is 11.8 Å². The van der Waals surface area contributed by atoms with Crippen molar-refractivity contribution in [2.45, 2.75) is 89.3 Å². The predicted molar refractivity (Wildman–Crippen MR) is 106 cm³/mol. The number of likely N-dealkylation sites (tertiary alicyclic amines) is 1. The van der Waals surface area contributed by atoms with E-state index in [2.05, 4.69) is 6.92 Å². The van der Waals surface area contributed by atoms with Gasteiger partial charge in [-0.15, -0.1) is 0 Å². The normalized spacial score (nSPS) is 25.5. The van der Waals surface area contributed by atoms with Gasteiger partial charge in [-0.25, -0.2) is 4.79 Å². The number of carbonyl (C=O) groups excluding carboxylic acids is 4. The zero-order valence-corrected chi connectivity index (χ0v) is 17.8. The molecule has 1 aliphatic carbocycles. The summed E-state index contributed by atoms with van der Waals surface area (Å²) in [7, 11) is 1.63. The van der Waals surface area contributed by atoms with E-state index in [1.54, 1.807) is 18.9 Å². The zero-order valence-electron chi connectivity index (χ0n) is 17.8. The third-order valence-corrected chi connectivity index (χ3v) is 6.81. The highest BCUT2D eigenvalue weighted by atomic mass is 16.5. The summed E-state index contributed by atoms with van der Waals surface area (Å²) < 4.78 is 5.33. The first-order valence-electron chi connectivity index (χ1n) is 10.9. The number of urea groups is 1. The van der Waals surface area contributed by atoms with Crippen LogP contribution in [-0.2, 0) is 19.1 Å². The summed E-state index contributed by atoms with van der Waals surface area (Å²) in [5.74, 6) is -1.24. The first-order chi connectivity index (χ1) is 13.8. The average Bonchev–Trinajstić information content (AvgIpc) is 2.90. The molecule has 8 heteroatoms. The largest absolute Gasteiger partial charge is 0.451 e. The Morgan fingerprint density at radius 3 is 2.48 bits per heavy atom. The Morgan fingerprint density at radius 1 is 1.14 bits per heavy atom. The average molecular weight is 408 g/mol. The molecule has 2 aliphatic heterocycles. The molecule has 3 rings (SSSR count). The highest BCUT2D eigenvalue weighted by Gasteiger charge is 2.56. The van der Waals surface area contributed by atoms with E-state index in [1.165, 1.54) is 4.90 Å². The van der Waals surface area contributed by atoms with Gasteiger partial charge >= 0.3 is 12.0 Å². The fourth-order valence-corrected chi connectivity index (χ4v) is 5.03. The van der Waals surface area contributed by atoms with Crippen LogP contribution in [0.1, 0.15) is 71.6 Å². The quantitative estimate of drug-likeness (QED) is 0.516. The number of hydrogen-bond donors (Lipinski definition) is 0. The molecule has 0 aromatic carbocycles. The molecule has 0 N–H and O–H groups in total. The molecule has 2 saturated heterocycles. The molecular weight excluding hydrogens is 374 g/mol. The molecule has 3 fully saturated rings. The van der Waals surface area contributed by atoms with Crippen molar-refractivity contribution < 1.29 is 23.9 Å². The molecule has 1 saturated carbocycles. The topological polar surface area (TPSA) is 87.2 Å². The Balaban J connectivity index is 1.60. The summed E-state index contributed by atoms with van der Waals surface area (Å²) in [6, 6.07) is -0.283. The number of hydrogen-bond acceptors (Lipinski definition) is 5. The fraction of sp³-hybridized carbons (Fsp3) is 0.810. The van der Waals surface area contributed by atoms with E-state index in [1.807, 2.05) is 0 Å². The Bertz CT molecular complexity index is 673. The lowest BCUT2D eigenvalue weighted by Crippen LogP contribution is -2.50. The van der Waals surface area contributed by atoms with Crippen LogP contribution in [0, 0.1) is 0 Å². The van der Waals surface area contributed by atoms with E-state index in [-0.39, 0.29) is 17.9 Å². The Morgan fingerprint density at radius 2 is 1.83 bits per heavy atom. The first-order valence-corrected chi connectivity index (χ1v) is 10.9. The molecule has 0 radical (unpaired) electrons. The van der Waals surface area contributed by atoms with Crippen LogP contribution in [0.2, 0.25) is 0 Å². The van der Waals surface area contributed by atoms with Crippen molar-refractivity contribution in [2.75, 3.05) is 20.1 Å². The van der Waals surface area contributed by atoms with Gasteiger partial charge in [-0.3, -0.25) is 19.3 Å². The molecule has 3 aliphatic rings. The second-order valence-electron chi connectivity index (χ2n) is 8.55. The fourth-order valence-electron chi connectivity index (χ4n) is 5.03. The molecule has 162 valence electrons. The lowest BCUT2D eigenvalue weighted by molar-refractivity contribution is -0.162. The maximum absolute atomic E-state index is 13.0. The van der Waals surface area contributed by atoms with Crippen LogP contribution in [0.3, 0.4) is 0 Å². The number of carbonyl (C=O) groups is 4. The summed E-state index contributed by atoms with van der Waals surface area (Å²) in [6.07, 6.45) is 7.05. The molecule has 4 amide bonds. The van der Waals surface area contributed by atoms with Crippen molar-refractivity contribution in [3.63, 3.8) is 0 Å². The van der Waals surface area contributed by atoms with E-state index in [4.69, 9.17) is 4.74 Å². The number of nitrogens with zero attached hydrogens (tertiary/aromatic N) is 3. The predicted octanol–water partition coefficient (Wildman–Crippen LogP) is 2.31. The summed E-state index contributed by atoms with van der Waals surface area (Å²) in [4.78, 5) is 55.1. The van der Waals surface area contributed by atoms with E-state index in [9.17, 15) is 19.2 Å². The number of rotatable bonds is 5. The number of ether oxygens (including phenoxy) is 1. The summed E-state index contributed by atoms with van der Waals surface area (Å²) in [5.41, 5.74) is -0.820. The van der Waals surface area contributed by atoms with E-state index >= 15 is 0 Å². The maximum atomic E-state index is 13.0. The van der Waals surface area contributed by atoms with Gasteiger partial charge < -0.3 is 14.5 Å². The van der Waals surface area contributed by atoms with Crippen molar-refractivity contribution >= 4 is 23.8 Å². The van der Waals surface area contributed by atoms with Crippen molar-refractivity contribution in [3.8, 4) is 0 Å². The number of amides is 4. The van der Waals surface area contributed by atoms with Gasteiger partial charge in [0, 0.05) is 19.6 Å². The van der Waals surface area contributed by atoms with Crippen molar-refractivity contribution in [1.29, 1.82) is 0 Å². The van der Waals surface area contributed by atoms with Gasteiger partial charge in [0.05, 0.1) is 0 Å². The van der Waals surface area contributed by atoms with Crippen molar-refractivity contribution in [1.82, 2.24) is 14.7 Å². The second-order valence-corrected chi connectivity index (χ2v) is 8.55. The van der Waals surface area contributed by atoms with E-state index in [0.29, 0.717) is 19.4 Å². The lowest BCUT2D eigenvalue weighted by atomic mass is 9.81. The van der Waals surface area contributed by atoms with E-state index < -0.39 is 30.2 Å². The summed E-state index contributed by atoms with van der Waals surface area (Å²) >= 11 is 0. The van der Waals surface area contributed by atoms with Crippen LogP contribution in [-0.4, -0.2) is 76.3 Å². The maximum Gasteiger partial charge on any atom is 0.327 e. The molecule has 2 unspecified atom stereocenters. The molecule has 1 spiro atoms. The van der Waals surface area contributed by atoms with Crippen molar-refractivity contribution in [3.05, 3.63) is 0 Å². The van der Waals surface area contributed by atoms with Crippen LogP contribution in [0.4, 0.5) is 4.79 Å². The highest BCUT2D eigenvalue weighted by Crippen LogP contribution is 2.39. The SMILES string of the molecule is CCC1CCCCN1C(=O)C(C)OC(=O)CN1C(=O)N(C)C2(CCCCC2)C1=O. The molecule has 0 bridgehead atoms. The van der Waals surface area contributed by atoms with Gasteiger partial charge in [-0.2, -0.15) is 0 Å². The number of likely N-dealkylation sites (N-methyl/N-ethyl adjacent to an activating group) is 1. The molecule has 8 nitrogen and oxygen atoms in total. The molecule has 2 atom stereocenters. The van der Waals surface area contributed by atoms with Crippen LogP contribution in [0.15, 0.2) is 0 Å². The molecule has 0 aromatic rings.